The summed E-state index contributed by atoms with van der Waals surface area (Å²) < 4.78 is 0. The Morgan fingerprint density at radius 2 is 2.14 bits per heavy atom. The summed E-state index contributed by atoms with van der Waals surface area (Å²) in [5.74, 6) is 0. The lowest BCUT2D eigenvalue weighted by Gasteiger charge is -2.27. The number of allylic oxidation sites excluding steroid dienone is 1. The minimum atomic E-state index is -0.618. The molecule has 0 aromatic heterocycles. The van der Waals surface area contributed by atoms with Crippen molar-refractivity contribution in [1.82, 2.24) is 0 Å². The third kappa shape index (κ3) is 4.25. The minimum absolute atomic E-state index is 0.593. The van der Waals surface area contributed by atoms with Crippen LogP contribution in [0.15, 0.2) is 11.6 Å². The van der Waals surface area contributed by atoms with Gasteiger partial charge < -0.3 is 10.2 Å². The second-order valence-corrected chi connectivity index (χ2v) is 5.33. The zero-order valence-electron chi connectivity index (χ0n) is 9.51. The van der Waals surface area contributed by atoms with Gasteiger partial charge in [0.1, 0.15) is 0 Å². The van der Waals surface area contributed by atoms with Gasteiger partial charge in [-0.05, 0) is 52.9 Å². The van der Waals surface area contributed by atoms with Gasteiger partial charge in [0.15, 0.2) is 0 Å². The third-order valence-electron chi connectivity index (χ3n) is 2.75. The van der Waals surface area contributed by atoms with Crippen molar-refractivity contribution in [2.75, 3.05) is 0 Å². The highest BCUT2D eigenvalue weighted by Gasteiger charge is 2.23. The van der Waals surface area contributed by atoms with Gasteiger partial charge in [-0.2, -0.15) is 0 Å². The topological polar surface area (TPSA) is 40.5 Å². The van der Waals surface area contributed by atoms with E-state index in [2.05, 4.69) is 0 Å². The van der Waals surface area contributed by atoms with Gasteiger partial charge in [0.25, 0.3) is 0 Å². The molecular weight excluding hydrogens is 176 g/mol. The molecule has 0 saturated heterocycles. The summed E-state index contributed by atoms with van der Waals surface area (Å²) in [5, 5.41) is 19.4. The molecule has 0 aromatic carbocycles. The van der Waals surface area contributed by atoms with Gasteiger partial charge in [-0.15, -0.1) is 0 Å². The van der Waals surface area contributed by atoms with Crippen molar-refractivity contribution in [2.45, 2.75) is 64.1 Å². The summed E-state index contributed by atoms with van der Waals surface area (Å²) in [6, 6.07) is 0. The highest BCUT2D eigenvalue weighted by Crippen LogP contribution is 2.29. The molecule has 1 unspecified atom stereocenters. The third-order valence-corrected chi connectivity index (χ3v) is 2.75. The molecule has 0 radical (unpaired) electrons. The Morgan fingerprint density at radius 3 is 2.64 bits per heavy atom. The fourth-order valence-electron chi connectivity index (χ4n) is 1.92. The van der Waals surface area contributed by atoms with E-state index in [1.165, 1.54) is 5.57 Å². The number of hydrogen-bond acceptors (Lipinski definition) is 2. The SMILES string of the molecule is CC(C)(O)CCC1=CC(C)(O)CCC1. The van der Waals surface area contributed by atoms with Gasteiger partial charge in [-0.25, -0.2) is 0 Å². The standard InChI is InChI=1S/C12H22O2/c1-11(2,13)8-6-10-5-4-7-12(3,14)9-10/h9,13-14H,4-8H2,1-3H3. The van der Waals surface area contributed by atoms with E-state index in [0.29, 0.717) is 0 Å². The highest BCUT2D eigenvalue weighted by atomic mass is 16.3. The van der Waals surface area contributed by atoms with Crippen molar-refractivity contribution in [3.8, 4) is 0 Å². The van der Waals surface area contributed by atoms with Crippen LogP contribution in [0.4, 0.5) is 0 Å². The second-order valence-electron chi connectivity index (χ2n) is 5.33. The average molecular weight is 198 g/mol. The molecule has 0 heterocycles. The average Bonchev–Trinajstić information content (AvgIpc) is 1.98. The van der Waals surface area contributed by atoms with Crippen LogP contribution in [0.5, 0.6) is 0 Å². The molecule has 0 fully saturated rings. The first-order chi connectivity index (χ1) is 6.29. The zero-order chi connectivity index (χ0) is 10.8. The molecule has 0 amide bonds. The summed E-state index contributed by atoms with van der Waals surface area (Å²) in [7, 11) is 0. The van der Waals surface area contributed by atoms with Crippen molar-refractivity contribution < 1.29 is 10.2 Å². The van der Waals surface area contributed by atoms with Gasteiger partial charge >= 0.3 is 0 Å². The van der Waals surface area contributed by atoms with Crippen molar-refractivity contribution in [2.24, 2.45) is 0 Å². The molecule has 0 spiro atoms. The number of rotatable bonds is 3. The van der Waals surface area contributed by atoms with Crippen molar-refractivity contribution in [3.05, 3.63) is 11.6 Å². The summed E-state index contributed by atoms with van der Waals surface area (Å²) in [5.41, 5.74) is 0.0838. The number of hydrogen-bond donors (Lipinski definition) is 2. The first-order valence-corrected chi connectivity index (χ1v) is 5.44. The van der Waals surface area contributed by atoms with Crippen LogP contribution >= 0.6 is 0 Å². The maximum atomic E-state index is 9.84. The Kier molecular flexibility index (Phi) is 3.38. The summed E-state index contributed by atoms with van der Waals surface area (Å²) >= 11 is 0. The Balaban J connectivity index is 2.49. The van der Waals surface area contributed by atoms with Gasteiger partial charge in [-0.1, -0.05) is 11.6 Å². The highest BCUT2D eigenvalue weighted by molar-refractivity contribution is 5.14. The van der Waals surface area contributed by atoms with Crippen molar-refractivity contribution >= 4 is 0 Å². The fraction of sp³-hybridized carbons (Fsp3) is 0.833. The maximum absolute atomic E-state index is 9.84. The van der Waals surface area contributed by atoms with Crippen LogP contribution in [0.2, 0.25) is 0 Å². The van der Waals surface area contributed by atoms with Gasteiger partial charge in [0.2, 0.25) is 0 Å². The predicted molar refractivity (Wildman–Crippen MR) is 58.1 cm³/mol. The molecule has 0 aliphatic heterocycles. The van der Waals surface area contributed by atoms with E-state index >= 15 is 0 Å². The molecule has 1 atom stereocenters. The van der Waals surface area contributed by atoms with Crippen LogP contribution in [-0.4, -0.2) is 21.4 Å². The van der Waals surface area contributed by atoms with E-state index in [9.17, 15) is 10.2 Å². The molecule has 2 heteroatoms. The Morgan fingerprint density at radius 1 is 1.50 bits per heavy atom. The zero-order valence-corrected chi connectivity index (χ0v) is 9.51. The first kappa shape index (κ1) is 11.7. The van der Waals surface area contributed by atoms with E-state index in [1.54, 1.807) is 0 Å². The Hall–Kier alpha value is -0.340. The summed E-state index contributed by atoms with van der Waals surface area (Å²) in [4.78, 5) is 0. The van der Waals surface area contributed by atoms with E-state index in [0.717, 1.165) is 32.1 Å². The molecule has 0 bridgehead atoms. The van der Waals surface area contributed by atoms with Crippen LogP contribution in [0.1, 0.15) is 52.9 Å². The molecule has 0 aromatic rings. The largest absolute Gasteiger partial charge is 0.390 e. The smallest absolute Gasteiger partial charge is 0.0802 e. The maximum Gasteiger partial charge on any atom is 0.0802 e. The van der Waals surface area contributed by atoms with Crippen LogP contribution < -0.4 is 0 Å². The van der Waals surface area contributed by atoms with Crippen LogP contribution in [0, 0.1) is 0 Å². The minimum Gasteiger partial charge on any atom is -0.390 e. The molecule has 1 aliphatic carbocycles. The van der Waals surface area contributed by atoms with E-state index in [-0.39, 0.29) is 0 Å². The lowest BCUT2D eigenvalue weighted by molar-refractivity contribution is 0.0682. The van der Waals surface area contributed by atoms with Crippen molar-refractivity contribution in [1.29, 1.82) is 0 Å². The lowest BCUT2D eigenvalue weighted by atomic mass is 9.85. The normalized spacial score (nSPS) is 28.8. The van der Waals surface area contributed by atoms with Gasteiger partial charge in [-0.3, -0.25) is 0 Å². The Labute approximate surface area is 86.6 Å². The molecule has 0 saturated carbocycles. The van der Waals surface area contributed by atoms with Crippen LogP contribution in [0.3, 0.4) is 0 Å². The van der Waals surface area contributed by atoms with E-state index < -0.39 is 11.2 Å². The Bertz CT molecular complexity index is 221. The van der Waals surface area contributed by atoms with E-state index in [4.69, 9.17) is 0 Å². The molecule has 2 N–H and O–H groups in total. The quantitative estimate of drug-likeness (QED) is 0.684. The molecule has 14 heavy (non-hydrogen) atoms. The van der Waals surface area contributed by atoms with Crippen LogP contribution in [0.25, 0.3) is 0 Å². The summed E-state index contributed by atoms with van der Waals surface area (Å²) in [6.07, 6.45) is 6.65. The molecule has 82 valence electrons. The lowest BCUT2D eigenvalue weighted by Crippen LogP contribution is -2.25. The van der Waals surface area contributed by atoms with E-state index in [1.807, 2.05) is 26.8 Å². The summed E-state index contributed by atoms with van der Waals surface area (Å²) in [6.45, 7) is 5.51. The van der Waals surface area contributed by atoms with Gasteiger partial charge in [0, 0.05) is 0 Å². The van der Waals surface area contributed by atoms with Crippen LogP contribution in [-0.2, 0) is 0 Å². The predicted octanol–water partition coefficient (Wildman–Crippen LogP) is 2.40. The molecule has 2 nitrogen and oxygen atoms in total. The molecule has 1 rings (SSSR count). The monoisotopic (exact) mass is 198 g/mol. The van der Waals surface area contributed by atoms with Gasteiger partial charge in [0.05, 0.1) is 11.2 Å². The number of aliphatic hydroxyl groups is 2. The fourth-order valence-corrected chi connectivity index (χ4v) is 1.92. The molecular formula is C12H22O2. The second kappa shape index (κ2) is 4.03. The molecule has 1 aliphatic rings. The van der Waals surface area contributed by atoms with Crippen molar-refractivity contribution in [3.63, 3.8) is 0 Å². The first-order valence-electron chi connectivity index (χ1n) is 5.44.